The van der Waals surface area contributed by atoms with Crippen LogP contribution < -0.4 is 10.6 Å². The van der Waals surface area contributed by atoms with Crippen molar-refractivity contribution < 1.29 is 14.5 Å². The summed E-state index contributed by atoms with van der Waals surface area (Å²) in [7, 11) is 1.55. The number of methoxy groups -OCH3 is 1. The lowest BCUT2D eigenvalue weighted by Gasteiger charge is -2.15. The third kappa shape index (κ3) is 4.71. The second-order valence-electron chi connectivity index (χ2n) is 4.71. The van der Waals surface area contributed by atoms with Crippen LogP contribution in [-0.2, 0) is 4.74 Å². The molecular weight excluding hydrogens is 274 g/mol. The SMILES string of the molecule is CCCNc1c(C(=O)NC(C)COC)cccc1[N+](=O)[O-]. The minimum Gasteiger partial charge on any atom is -0.383 e. The molecule has 0 heterocycles. The molecule has 1 atom stereocenters. The molecule has 7 nitrogen and oxygen atoms in total. The van der Waals surface area contributed by atoms with Gasteiger partial charge in [-0.3, -0.25) is 14.9 Å². The van der Waals surface area contributed by atoms with E-state index in [0.717, 1.165) is 6.42 Å². The molecule has 7 heteroatoms. The molecule has 1 aromatic rings. The Morgan fingerprint density at radius 2 is 2.19 bits per heavy atom. The fourth-order valence-electron chi connectivity index (χ4n) is 1.91. The molecule has 0 radical (unpaired) electrons. The van der Waals surface area contributed by atoms with Crippen LogP contribution in [0.25, 0.3) is 0 Å². The first-order valence-electron chi connectivity index (χ1n) is 6.82. The van der Waals surface area contributed by atoms with Crippen LogP contribution in [0, 0.1) is 10.1 Å². The van der Waals surface area contributed by atoms with Gasteiger partial charge in [0.05, 0.1) is 17.1 Å². The number of nitro groups is 1. The summed E-state index contributed by atoms with van der Waals surface area (Å²) in [5.41, 5.74) is 0.419. The zero-order valence-electron chi connectivity index (χ0n) is 12.5. The lowest BCUT2D eigenvalue weighted by molar-refractivity contribution is -0.384. The van der Waals surface area contributed by atoms with E-state index in [2.05, 4.69) is 10.6 Å². The molecule has 0 aromatic heterocycles. The number of nitro benzene ring substituents is 1. The predicted octanol–water partition coefficient (Wildman–Crippen LogP) is 2.18. The van der Waals surface area contributed by atoms with E-state index in [1.165, 1.54) is 12.1 Å². The highest BCUT2D eigenvalue weighted by Crippen LogP contribution is 2.28. The molecular formula is C14H21N3O4. The maximum absolute atomic E-state index is 12.3. The van der Waals surface area contributed by atoms with Crippen LogP contribution in [0.4, 0.5) is 11.4 Å². The van der Waals surface area contributed by atoms with Gasteiger partial charge in [0, 0.05) is 25.8 Å². The summed E-state index contributed by atoms with van der Waals surface area (Å²) >= 11 is 0. The van der Waals surface area contributed by atoms with E-state index in [1.807, 2.05) is 6.92 Å². The summed E-state index contributed by atoms with van der Waals surface area (Å²) in [5, 5.41) is 16.8. The van der Waals surface area contributed by atoms with Crippen LogP contribution in [0.1, 0.15) is 30.6 Å². The Balaban J connectivity index is 3.06. The Kier molecular flexibility index (Phi) is 6.61. The van der Waals surface area contributed by atoms with Crippen molar-refractivity contribution >= 4 is 17.3 Å². The van der Waals surface area contributed by atoms with Crippen molar-refractivity contribution in [1.29, 1.82) is 0 Å². The zero-order valence-corrected chi connectivity index (χ0v) is 12.5. The van der Waals surface area contributed by atoms with Gasteiger partial charge in [0.15, 0.2) is 0 Å². The topological polar surface area (TPSA) is 93.5 Å². The van der Waals surface area contributed by atoms with Gasteiger partial charge >= 0.3 is 0 Å². The second kappa shape index (κ2) is 8.21. The average Bonchev–Trinajstić information content (AvgIpc) is 2.44. The fourth-order valence-corrected chi connectivity index (χ4v) is 1.91. The van der Waals surface area contributed by atoms with Gasteiger partial charge in [-0.1, -0.05) is 13.0 Å². The molecule has 0 aliphatic rings. The fraction of sp³-hybridized carbons (Fsp3) is 0.500. The predicted molar refractivity (Wildman–Crippen MR) is 80.7 cm³/mol. The van der Waals surface area contributed by atoms with Gasteiger partial charge < -0.3 is 15.4 Å². The van der Waals surface area contributed by atoms with Crippen molar-refractivity contribution in [2.75, 3.05) is 25.6 Å². The minimum atomic E-state index is -0.493. The van der Waals surface area contributed by atoms with Crippen molar-refractivity contribution in [2.24, 2.45) is 0 Å². The smallest absolute Gasteiger partial charge is 0.293 e. The van der Waals surface area contributed by atoms with Crippen molar-refractivity contribution in [3.8, 4) is 0 Å². The molecule has 1 unspecified atom stereocenters. The van der Waals surface area contributed by atoms with Crippen LogP contribution in [0.5, 0.6) is 0 Å². The van der Waals surface area contributed by atoms with E-state index in [9.17, 15) is 14.9 Å². The molecule has 0 aliphatic heterocycles. The van der Waals surface area contributed by atoms with Gasteiger partial charge in [-0.15, -0.1) is 0 Å². The highest BCUT2D eigenvalue weighted by Gasteiger charge is 2.22. The number of rotatable bonds is 8. The molecule has 21 heavy (non-hydrogen) atoms. The van der Waals surface area contributed by atoms with Crippen LogP contribution in [0.2, 0.25) is 0 Å². The number of anilines is 1. The van der Waals surface area contributed by atoms with Crippen molar-refractivity contribution in [3.63, 3.8) is 0 Å². The molecule has 0 saturated heterocycles. The Labute approximate surface area is 123 Å². The minimum absolute atomic E-state index is 0.101. The molecule has 0 bridgehead atoms. The summed E-state index contributed by atoms with van der Waals surface area (Å²) < 4.78 is 4.96. The maximum Gasteiger partial charge on any atom is 0.293 e. The largest absolute Gasteiger partial charge is 0.383 e. The van der Waals surface area contributed by atoms with Gasteiger partial charge in [-0.05, 0) is 19.4 Å². The Morgan fingerprint density at radius 3 is 2.76 bits per heavy atom. The summed E-state index contributed by atoms with van der Waals surface area (Å²) in [6.07, 6.45) is 0.799. The van der Waals surface area contributed by atoms with E-state index in [0.29, 0.717) is 13.2 Å². The molecule has 1 rings (SSSR count). The number of ether oxygens (including phenoxy) is 1. The number of benzene rings is 1. The first-order chi connectivity index (χ1) is 10.0. The lowest BCUT2D eigenvalue weighted by Crippen LogP contribution is -2.36. The van der Waals surface area contributed by atoms with Gasteiger partial charge in [0.25, 0.3) is 11.6 Å². The van der Waals surface area contributed by atoms with Crippen molar-refractivity contribution in [2.45, 2.75) is 26.3 Å². The van der Waals surface area contributed by atoms with Gasteiger partial charge in [0.1, 0.15) is 5.69 Å². The number of para-hydroxylation sites is 1. The Bertz CT molecular complexity index is 505. The third-order valence-electron chi connectivity index (χ3n) is 2.83. The number of nitrogens with one attached hydrogen (secondary N) is 2. The average molecular weight is 295 g/mol. The van der Waals surface area contributed by atoms with E-state index in [4.69, 9.17) is 4.74 Å². The Hall–Kier alpha value is -2.15. The van der Waals surface area contributed by atoms with E-state index >= 15 is 0 Å². The van der Waals surface area contributed by atoms with E-state index < -0.39 is 4.92 Å². The summed E-state index contributed by atoms with van der Waals surface area (Å²) in [5.74, 6) is -0.359. The van der Waals surface area contributed by atoms with E-state index in [1.54, 1.807) is 20.1 Å². The molecule has 0 aliphatic carbocycles. The standard InChI is InChI=1S/C14H21N3O4/c1-4-8-15-13-11(6-5-7-12(13)17(19)20)14(18)16-10(2)9-21-3/h5-7,10,15H,4,8-9H2,1-3H3,(H,16,18). The molecule has 1 amide bonds. The molecule has 1 aromatic carbocycles. The molecule has 116 valence electrons. The second-order valence-corrected chi connectivity index (χ2v) is 4.71. The summed E-state index contributed by atoms with van der Waals surface area (Å²) in [4.78, 5) is 22.9. The van der Waals surface area contributed by atoms with Crippen LogP contribution in [0.3, 0.4) is 0 Å². The summed E-state index contributed by atoms with van der Waals surface area (Å²) in [6.45, 7) is 4.68. The third-order valence-corrected chi connectivity index (χ3v) is 2.83. The van der Waals surface area contributed by atoms with Crippen molar-refractivity contribution in [1.82, 2.24) is 5.32 Å². The molecule has 0 saturated carbocycles. The van der Waals surface area contributed by atoms with Gasteiger partial charge in [0.2, 0.25) is 0 Å². The van der Waals surface area contributed by atoms with E-state index in [-0.39, 0.29) is 28.9 Å². The zero-order chi connectivity index (χ0) is 15.8. The highest BCUT2D eigenvalue weighted by atomic mass is 16.6. The number of carbonyl (C=O) groups is 1. The molecule has 2 N–H and O–H groups in total. The molecule has 0 spiro atoms. The number of carbonyl (C=O) groups excluding carboxylic acids is 1. The summed E-state index contributed by atoms with van der Waals surface area (Å²) in [6, 6.07) is 4.28. The first kappa shape index (κ1) is 16.9. The monoisotopic (exact) mass is 295 g/mol. The number of amides is 1. The quantitative estimate of drug-likeness (QED) is 0.566. The number of hydrogen-bond donors (Lipinski definition) is 2. The number of nitrogens with zero attached hydrogens (tertiary/aromatic N) is 1. The van der Waals surface area contributed by atoms with Crippen LogP contribution in [0.15, 0.2) is 18.2 Å². The maximum atomic E-state index is 12.3. The molecule has 0 fully saturated rings. The normalized spacial score (nSPS) is 11.8. The van der Waals surface area contributed by atoms with Crippen LogP contribution >= 0.6 is 0 Å². The highest BCUT2D eigenvalue weighted by molar-refractivity contribution is 6.01. The van der Waals surface area contributed by atoms with Gasteiger partial charge in [-0.25, -0.2) is 0 Å². The van der Waals surface area contributed by atoms with Gasteiger partial charge in [-0.2, -0.15) is 0 Å². The number of hydrogen-bond acceptors (Lipinski definition) is 5. The first-order valence-corrected chi connectivity index (χ1v) is 6.82. The van der Waals surface area contributed by atoms with Crippen LogP contribution in [-0.4, -0.2) is 37.1 Å². The lowest BCUT2D eigenvalue weighted by atomic mass is 10.1. The Morgan fingerprint density at radius 1 is 1.48 bits per heavy atom. The van der Waals surface area contributed by atoms with Crippen molar-refractivity contribution in [3.05, 3.63) is 33.9 Å².